The van der Waals surface area contributed by atoms with Gasteiger partial charge in [0, 0.05) is 74.9 Å². The number of nitrogens with zero attached hydrogens (tertiary/aromatic N) is 2. The Kier molecular flexibility index (Phi) is 6.31. The summed E-state index contributed by atoms with van der Waals surface area (Å²) < 4.78 is 0. The van der Waals surface area contributed by atoms with Gasteiger partial charge in [-0.25, -0.2) is 0 Å². The van der Waals surface area contributed by atoms with Gasteiger partial charge < -0.3 is 20.9 Å². The van der Waals surface area contributed by atoms with E-state index in [0.29, 0.717) is 0 Å². The zero-order valence-corrected chi connectivity index (χ0v) is 19.1. The highest BCUT2D eigenvalue weighted by Gasteiger charge is 2.33. The highest BCUT2D eigenvalue weighted by molar-refractivity contribution is 5.96. The van der Waals surface area contributed by atoms with E-state index < -0.39 is 0 Å². The van der Waals surface area contributed by atoms with E-state index in [0.717, 1.165) is 67.2 Å². The van der Waals surface area contributed by atoms with Crippen LogP contribution in [0.5, 0.6) is 0 Å². The number of anilines is 1. The minimum absolute atomic E-state index is 0.137. The summed E-state index contributed by atoms with van der Waals surface area (Å²) in [7, 11) is 1.85. The number of amides is 1. The van der Waals surface area contributed by atoms with Gasteiger partial charge in [-0.1, -0.05) is 24.0 Å². The van der Waals surface area contributed by atoms with Crippen molar-refractivity contribution >= 4 is 17.8 Å². The maximum absolute atomic E-state index is 13.2. The molecule has 0 radical (unpaired) electrons. The summed E-state index contributed by atoms with van der Waals surface area (Å²) in [5, 5.41) is 14.0. The lowest BCUT2D eigenvalue weighted by atomic mass is 10.0. The van der Waals surface area contributed by atoms with Crippen LogP contribution in [-0.2, 0) is 13.1 Å². The second kappa shape index (κ2) is 9.15. The van der Waals surface area contributed by atoms with Crippen LogP contribution in [0.2, 0.25) is 0 Å². The number of fused-ring (bicyclic) bond motifs is 1. The van der Waals surface area contributed by atoms with Crippen LogP contribution in [0, 0.1) is 17.3 Å². The van der Waals surface area contributed by atoms with Gasteiger partial charge in [-0.3, -0.25) is 9.69 Å². The molecule has 3 N–H and O–H groups in total. The van der Waals surface area contributed by atoms with Gasteiger partial charge in [0.25, 0.3) is 5.91 Å². The molecule has 0 aromatic heterocycles. The van der Waals surface area contributed by atoms with Gasteiger partial charge in [0.05, 0.1) is 5.54 Å². The number of benzene rings is 2. The van der Waals surface area contributed by atoms with E-state index in [4.69, 9.17) is 5.41 Å². The summed E-state index contributed by atoms with van der Waals surface area (Å²) in [5.74, 6) is 6.87. The van der Waals surface area contributed by atoms with Gasteiger partial charge >= 0.3 is 0 Å². The number of hydrogen-bond donors (Lipinski definition) is 3. The molecule has 1 saturated heterocycles. The third kappa shape index (κ3) is 4.40. The van der Waals surface area contributed by atoms with E-state index in [2.05, 4.69) is 47.3 Å². The second-order valence-electron chi connectivity index (χ2n) is 8.85. The topological polar surface area (TPSA) is 71.5 Å². The maximum Gasteiger partial charge on any atom is 0.254 e. The molecule has 2 aliphatic heterocycles. The van der Waals surface area contributed by atoms with Crippen LogP contribution in [-0.4, -0.2) is 60.7 Å². The van der Waals surface area contributed by atoms with E-state index in [1.165, 1.54) is 11.8 Å². The maximum atomic E-state index is 13.2. The first-order chi connectivity index (χ1) is 15.4. The summed E-state index contributed by atoms with van der Waals surface area (Å²) in [4.78, 5) is 17.5. The molecule has 166 valence electrons. The lowest BCUT2D eigenvalue weighted by Crippen LogP contribution is -2.46. The third-order valence-corrected chi connectivity index (χ3v) is 6.40. The Morgan fingerprint density at radius 1 is 1.19 bits per heavy atom. The molecule has 2 heterocycles. The molecule has 2 aromatic carbocycles. The fourth-order valence-electron chi connectivity index (χ4n) is 4.35. The molecule has 0 atom stereocenters. The molecule has 1 amide bonds. The molecule has 2 aliphatic rings. The molecule has 4 rings (SSSR count). The third-order valence-electron chi connectivity index (χ3n) is 6.40. The zero-order chi connectivity index (χ0) is 22.7. The van der Waals surface area contributed by atoms with Crippen molar-refractivity contribution < 1.29 is 4.79 Å². The molecule has 0 spiro atoms. The summed E-state index contributed by atoms with van der Waals surface area (Å²) in [6.07, 6.45) is 1.34. The Morgan fingerprint density at radius 3 is 2.69 bits per heavy atom. The Balaban J connectivity index is 1.54. The predicted octanol–water partition coefficient (Wildman–Crippen LogP) is 2.92. The summed E-state index contributed by atoms with van der Waals surface area (Å²) >= 11 is 0. The van der Waals surface area contributed by atoms with Crippen molar-refractivity contribution in [1.29, 1.82) is 5.41 Å². The lowest BCUT2D eigenvalue weighted by Gasteiger charge is -2.30. The molecule has 6 nitrogen and oxygen atoms in total. The van der Waals surface area contributed by atoms with Gasteiger partial charge in [0.2, 0.25) is 0 Å². The van der Waals surface area contributed by atoms with Gasteiger partial charge in [-0.2, -0.15) is 0 Å². The smallest absolute Gasteiger partial charge is 0.254 e. The Hall–Kier alpha value is -3.14. The standard InChI is InChI=1S/C26H31N5O/c1-26(2,10-9-19-7-8-24(28-3)21(15-19)16-27)31-17-20-5-4-6-22(23(20)18-31)25(32)30-13-11-29-12-14-30/h4-8,15-16,27-29H,11-14,17-18H2,1-3H3. The minimum atomic E-state index is -0.360. The van der Waals surface area contributed by atoms with Crippen molar-refractivity contribution in [2.75, 3.05) is 38.5 Å². The Morgan fingerprint density at radius 2 is 1.97 bits per heavy atom. The van der Waals surface area contributed by atoms with Crippen molar-refractivity contribution in [1.82, 2.24) is 15.1 Å². The fraction of sp³-hybridized carbons (Fsp3) is 0.385. The van der Waals surface area contributed by atoms with E-state index in [-0.39, 0.29) is 11.4 Å². The molecule has 0 aliphatic carbocycles. The summed E-state index contributed by atoms with van der Waals surface area (Å²) in [5.41, 5.74) is 5.45. The molecule has 32 heavy (non-hydrogen) atoms. The van der Waals surface area contributed by atoms with Crippen LogP contribution < -0.4 is 10.6 Å². The molecular weight excluding hydrogens is 398 g/mol. The van der Waals surface area contributed by atoms with Crippen LogP contribution in [0.25, 0.3) is 0 Å². The number of rotatable bonds is 4. The average Bonchev–Trinajstić information content (AvgIpc) is 3.28. The van der Waals surface area contributed by atoms with Gasteiger partial charge in [0.1, 0.15) is 0 Å². The predicted molar refractivity (Wildman–Crippen MR) is 129 cm³/mol. The number of nitrogens with one attached hydrogen (secondary N) is 3. The van der Waals surface area contributed by atoms with Crippen molar-refractivity contribution in [3.05, 3.63) is 64.2 Å². The van der Waals surface area contributed by atoms with Crippen LogP contribution in [0.4, 0.5) is 5.69 Å². The van der Waals surface area contributed by atoms with E-state index in [9.17, 15) is 4.79 Å². The van der Waals surface area contributed by atoms with E-state index >= 15 is 0 Å². The minimum Gasteiger partial charge on any atom is -0.388 e. The highest BCUT2D eigenvalue weighted by Crippen LogP contribution is 2.32. The molecule has 0 unspecified atom stereocenters. The van der Waals surface area contributed by atoms with Crippen molar-refractivity contribution in [2.45, 2.75) is 32.5 Å². The Labute approximate surface area is 190 Å². The fourth-order valence-corrected chi connectivity index (χ4v) is 4.35. The summed E-state index contributed by atoms with van der Waals surface area (Å²) in [6.45, 7) is 8.97. The van der Waals surface area contributed by atoms with Crippen molar-refractivity contribution in [3.63, 3.8) is 0 Å². The first-order valence-corrected chi connectivity index (χ1v) is 11.1. The number of piperazine rings is 1. The van der Waals surface area contributed by atoms with Crippen molar-refractivity contribution in [2.24, 2.45) is 0 Å². The number of carbonyl (C=O) groups excluding carboxylic acids is 1. The monoisotopic (exact) mass is 429 g/mol. The van der Waals surface area contributed by atoms with Crippen molar-refractivity contribution in [3.8, 4) is 11.8 Å². The van der Waals surface area contributed by atoms with E-state index in [1.54, 1.807) is 0 Å². The van der Waals surface area contributed by atoms with Crippen LogP contribution in [0.3, 0.4) is 0 Å². The summed E-state index contributed by atoms with van der Waals surface area (Å²) in [6, 6.07) is 12.0. The molecule has 0 bridgehead atoms. The first-order valence-electron chi connectivity index (χ1n) is 11.1. The van der Waals surface area contributed by atoms with Crippen LogP contribution >= 0.6 is 0 Å². The van der Waals surface area contributed by atoms with Crippen LogP contribution in [0.1, 0.15) is 46.5 Å². The number of hydrogen-bond acceptors (Lipinski definition) is 5. The number of carbonyl (C=O) groups is 1. The van der Waals surface area contributed by atoms with Gasteiger partial charge in [0.15, 0.2) is 0 Å². The quantitative estimate of drug-likeness (QED) is 0.516. The van der Waals surface area contributed by atoms with E-state index in [1.807, 2.05) is 42.3 Å². The molecular formula is C26H31N5O. The average molecular weight is 430 g/mol. The SMILES string of the molecule is CNc1ccc(C#CC(C)(C)N2Cc3cccc(C(=O)N4CCNCC4)c3C2)cc1C=N. The molecule has 6 heteroatoms. The lowest BCUT2D eigenvalue weighted by molar-refractivity contribution is 0.0733. The largest absolute Gasteiger partial charge is 0.388 e. The Bertz CT molecular complexity index is 1090. The molecule has 2 aromatic rings. The highest BCUT2D eigenvalue weighted by atomic mass is 16.2. The first kappa shape index (κ1) is 22.1. The van der Waals surface area contributed by atoms with Gasteiger partial charge in [-0.15, -0.1) is 0 Å². The molecule has 0 saturated carbocycles. The second-order valence-corrected chi connectivity index (χ2v) is 8.85. The zero-order valence-electron chi connectivity index (χ0n) is 19.1. The normalized spacial score (nSPS) is 16.2. The molecule has 1 fully saturated rings. The van der Waals surface area contributed by atoms with Gasteiger partial charge in [-0.05, 0) is 49.2 Å². The van der Waals surface area contributed by atoms with Crippen LogP contribution in [0.15, 0.2) is 36.4 Å².